The number of rotatable bonds is 1. The van der Waals surface area contributed by atoms with Crippen LogP contribution in [0.25, 0.3) is 0 Å². The van der Waals surface area contributed by atoms with Gasteiger partial charge in [-0.3, -0.25) is 9.59 Å². The average Bonchev–Trinajstić information content (AvgIpc) is 2.82. The fraction of sp³-hybridized carbons (Fsp3) is 0.429. The highest BCUT2D eigenvalue weighted by Gasteiger charge is 2.37. The number of benzene rings is 1. The molecule has 0 bridgehead atoms. The Kier molecular flexibility index (Phi) is 4.03. The van der Waals surface area contributed by atoms with E-state index in [1.165, 1.54) is 0 Å². The molecule has 0 saturated carbocycles. The van der Waals surface area contributed by atoms with Crippen molar-refractivity contribution in [3.63, 3.8) is 0 Å². The van der Waals surface area contributed by atoms with E-state index in [1.807, 2.05) is 28.0 Å². The molecule has 106 valence electrons. The molecule has 2 fully saturated rings. The van der Waals surface area contributed by atoms with Crippen LogP contribution in [0.2, 0.25) is 0 Å². The van der Waals surface area contributed by atoms with Crippen molar-refractivity contribution in [1.29, 1.82) is 0 Å². The number of hydrogen-bond donors (Lipinski definition) is 0. The van der Waals surface area contributed by atoms with Gasteiger partial charge in [0.15, 0.2) is 0 Å². The van der Waals surface area contributed by atoms with Crippen LogP contribution >= 0.6 is 38.5 Å². The second-order valence-corrected chi connectivity index (χ2v) is 7.23. The highest BCUT2D eigenvalue weighted by atomic mass is 127. The van der Waals surface area contributed by atoms with Crippen molar-refractivity contribution < 1.29 is 9.59 Å². The first-order chi connectivity index (χ1) is 9.56. The van der Waals surface area contributed by atoms with Crippen LogP contribution in [0.4, 0.5) is 0 Å². The van der Waals surface area contributed by atoms with Gasteiger partial charge in [-0.25, -0.2) is 0 Å². The molecular weight excluding hydrogens is 435 g/mol. The van der Waals surface area contributed by atoms with Crippen LogP contribution in [0.5, 0.6) is 0 Å². The van der Waals surface area contributed by atoms with Gasteiger partial charge in [-0.05, 0) is 47.2 Å². The van der Waals surface area contributed by atoms with Crippen LogP contribution in [0.15, 0.2) is 22.7 Å². The van der Waals surface area contributed by atoms with Gasteiger partial charge >= 0.3 is 0 Å². The molecule has 1 atom stereocenters. The summed E-state index contributed by atoms with van der Waals surface area (Å²) in [6, 6.07) is 5.96. The number of amides is 2. The monoisotopic (exact) mass is 448 g/mol. The van der Waals surface area contributed by atoms with Crippen LogP contribution in [0, 0.1) is 3.57 Å². The Morgan fingerprint density at radius 3 is 2.95 bits per heavy atom. The lowest BCUT2D eigenvalue weighted by Crippen LogP contribution is -2.53. The molecule has 0 N–H and O–H groups in total. The quantitative estimate of drug-likeness (QED) is 0.619. The van der Waals surface area contributed by atoms with Crippen LogP contribution in [0.3, 0.4) is 0 Å². The maximum atomic E-state index is 12.6. The number of carbonyl (C=O) groups excluding carboxylic acids is 2. The molecule has 2 amide bonds. The van der Waals surface area contributed by atoms with E-state index in [2.05, 4.69) is 38.5 Å². The van der Waals surface area contributed by atoms with Crippen LogP contribution in [0.1, 0.15) is 23.2 Å². The average molecular weight is 449 g/mol. The fourth-order valence-corrected chi connectivity index (χ4v) is 3.81. The molecular formula is C14H14BrIN2O2. The second kappa shape index (κ2) is 5.63. The van der Waals surface area contributed by atoms with Crippen molar-refractivity contribution in [2.75, 3.05) is 19.6 Å². The lowest BCUT2D eigenvalue weighted by atomic mass is 10.1. The minimum atomic E-state index is 0.0645. The molecule has 2 aliphatic heterocycles. The van der Waals surface area contributed by atoms with Gasteiger partial charge < -0.3 is 9.80 Å². The Hall–Kier alpha value is -0.630. The number of hydrogen-bond acceptors (Lipinski definition) is 2. The van der Waals surface area contributed by atoms with Crippen molar-refractivity contribution in [2.24, 2.45) is 0 Å². The predicted molar refractivity (Wildman–Crippen MR) is 87.5 cm³/mol. The van der Waals surface area contributed by atoms with Gasteiger partial charge in [-0.2, -0.15) is 0 Å². The molecule has 3 rings (SSSR count). The number of halogens is 2. The van der Waals surface area contributed by atoms with Crippen LogP contribution in [-0.2, 0) is 4.79 Å². The van der Waals surface area contributed by atoms with Crippen molar-refractivity contribution in [3.05, 3.63) is 31.8 Å². The third-order valence-corrected chi connectivity index (χ3v) is 5.37. The summed E-state index contributed by atoms with van der Waals surface area (Å²) in [5.74, 6) is 0.300. The van der Waals surface area contributed by atoms with Gasteiger partial charge in [0.2, 0.25) is 5.91 Å². The summed E-state index contributed by atoms with van der Waals surface area (Å²) in [6.45, 7) is 1.96. The largest absolute Gasteiger partial charge is 0.336 e. The summed E-state index contributed by atoms with van der Waals surface area (Å²) in [7, 11) is 0. The van der Waals surface area contributed by atoms with E-state index >= 15 is 0 Å². The summed E-state index contributed by atoms with van der Waals surface area (Å²) >= 11 is 5.60. The number of fused-ring (bicyclic) bond motifs is 1. The standard InChI is InChI=1S/C14H14BrIN2O2/c15-9-1-3-12(16)11(7-9)14(20)17-5-6-18-10(8-17)2-4-13(18)19/h1,3,7,10H,2,4-6,8H2. The molecule has 1 aromatic carbocycles. The maximum Gasteiger partial charge on any atom is 0.255 e. The Labute approximate surface area is 139 Å². The number of carbonyl (C=O) groups is 2. The van der Waals surface area contributed by atoms with Gasteiger partial charge in [0.1, 0.15) is 0 Å². The summed E-state index contributed by atoms with van der Waals surface area (Å²) in [5, 5.41) is 0. The van der Waals surface area contributed by atoms with E-state index in [0.717, 1.165) is 20.0 Å². The van der Waals surface area contributed by atoms with Crippen LogP contribution < -0.4 is 0 Å². The van der Waals surface area contributed by atoms with E-state index in [9.17, 15) is 9.59 Å². The zero-order chi connectivity index (χ0) is 14.3. The highest BCUT2D eigenvalue weighted by Crippen LogP contribution is 2.25. The second-order valence-electron chi connectivity index (χ2n) is 5.15. The van der Waals surface area contributed by atoms with Gasteiger partial charge in [-0.15, -0.1) is 0 Å². The highest BCUT2D eigenvalue weighted by molar-refractivity contribution is 14.1. The molecule has 20 heavy (non-hydrogen) atoms. The van der Waals surface area contributed by atoms with E-state index in [4.69, 9.17) is 0 Å². The van der Waals surface area contributed by atoms with E-state index in [-0.39, 0.29) is 17.9 Å². The maximum absolute atomic E-state index is 12.6. The zero-order valence-electron chi connectivity index (χ0n) is 10.8. The SMILES string of the molecule is O=C(c1cc(Br)ccc1I)N1CCN2C(=O)CCC2C1. The fourth-order valence-electron chi connectivity index (χ4n) is 2.88. The number of nitrogens with zero attached hydrogens (tertiary/aromatic N) is 2. The smallest absolute Gasteiger partial charge is 0.255 e. The van der Waals surface area contributed by atoms with Crippen LogP contribution in [-0.4, -0.2) is 47.3 Å². The minimum absolute atomic E-state index is 0.0645. The normalized spacial score (nSPS) is 22.1. The first-order valence-corrected chi connectivity index (χ1v) is 8.47. The van der Waals surface area contributed by atoms with Gasteiger partial charge in [0.25, 0.3) is 5.91 Å². The lowest BCUT2D eigenvalue weighted by Gasteiger charge is -2.37. The van der Waals surface area contributed by atoms with Gasteiger partial charge in [-0.1, -0.05) is 15.9 Å². The van der Waals surface area contributed by atoms with Crippen molar-refractivity contribution in [3.8, 4) is 0 Å². The topological polar surface area (TPSA) is 40.6 Å². The summed E-state index contributed by atoms with van der Waals surface area (Å²) in [6.07, 6.45) is 1.50. The molecule has 2 heterocycles. The third-order valence-electron chi connectivity index (χ3n) is 3.94. The van der Waals surface area contributed by atoms with Gasteiger partial charge in [0.05, 0.1) is 5.56 Å². The molecule has 0 aliphatic carbocycles. The Bertz CT molecular complexity index is 578. The van der Waals surface area contributed by atoms with Crippen molar-refractivity contribution >= 4 is 50.3 Å². The third kappa shape index (κ3) is 2.59. The molecule has 0 radical (unpaired) electrons. The number of piperazine rings is 1. The van der Waals surface area contributed by atoms with E-state index in [0.29, 0.717) is 26.1 Å². The van der Waals surface area contributed by atoms with Gasteiger partial charge in [0, 0.05) is 40.1 Å². The first kappa shape index (κ1) is 14.3. The predicted octanol–water partition coefficient (Wildman–Crippen LogP) is 2.50. The van der Waals surface area contributed by atoms with E-state index in [1.54, 1.807) is 0 Å². The first-order valence-electron chi connectivity index (χ1n) is 6.60. The summed E-state index contributed by atoms with van der Waals surface area (Å²) in [4.78, 5) is 28.1. The molecule has 6 heteroatoms. The molecule has 1 unspecified atom stereocenters. The molecule has 0 aromatic heterocycles. The van der Waals surface area contributed by atoms with E-state index < -0.39 is 0 Å². The Morgan fingerprint density at radius 2 is 2.15 bits per heavy atom. The lowest BCUT2D eigenvalue weighted by molar-refractivity contribution is -0.130. The Balaban J connectivity index is 1.78. The molecule has 2 aliphatic rings. The summed E-state index contributed by atoms with van der Waals surface area (Å²) < 4.78 is 1.87. The molecule has 0 spiro atoms. The molecule has 4 nitrogen and oxygen atoms in total. The molecule has 2 saturated heterocycles. The minimum Gasteiger partial charge on any atom is -0.336 e. The summed E-state index contributed by atoms with van der Waals surface area (Å²) in [5.41, 5.74) is 0.734. The van der Waals surface area contributed by atoms with Crippen molar-refractivity contribution in [2.45, 2.75) is 18.9 Å². The Morgan fingerprint density at radius 1 is 1.35 bits per heavy atom. The molecule has 1 aromatic rings. The van der Waals surface area contributed by atoms with Crippen molar-refractivity contribution in [1.82, 2.24) is 9.80 Å². The zero-order valence-corrected chi connectivity index (χ0v) is 14.6.